The third-order valence-corrected chi connectivity index (χ3v) is 2.33. The highest BCUT2D eigenvalue weighted by atomic mass is 32.1. The molecule has 0 aromatic carbocycles. The van der Waals surface area contributed by atoms with Gasteiger partial charge in [-0.3, -0.25) is 0 Å². The van der Waals surface area contributed by atoms with E-state index in [0.717, 1.165) is 25.7 Å². The van der Waals surface area contributed by atoms with Crippen LogP contribution in [0.4, 0.5) is 0 Å². The molecule has 0 saturated heterocycles. The van der Waals surface area contributed by atoms with Gasteiger partial charge in [0.15, 0.2) is 0 Å². The van der Waals surface area contributed by atoms with Crippen LogP contribution in [0.1, 0.15) is 25.7 Å². The summed E-state index contributed by atoms with van der Waals surface area (Å²) in [5.41, 5.74) is 0. The zero-order chi connectivity index (χ0) is 6.69. The lowest BCUT2D eigenvalue weighted by molar-refractivity contribution is 0.209. The normalized spacial score (nSPS) is 22.6. The number of aliphatic hydroxyl groups excluding tert-OH is 1. The minimum absolute atomic E-state index is 0.350. The van der Waals surface area contributed by atoms with E-state index in [4.69, 9.17) is 17.3 Å². The second kappa shape index (κ2) is 3.28. The molecule has 0 aromatic heterocycles. The summed E-state index contributed by atoms with van der Waals surface area (Å²) < 4.78 is 0. The minimum Gasteiger partial charge on any atom is -0.396 e. The van der Waals surface area contributed by atoms with Gasteiger partial charge in [-0.15, -0.1) is 0 Å². The molecule has 1 rings (SSSR count). The van der Waals surface area contributed by atoms with Gasteiger partial charge in [0.2, 0.25) is 0 Å². The highest BCUT2D eigenvalue weighted by Crippen LogP contribution is 2.21. The Labute approximate surface area is 61.1 Å². The molecule has 0 atom stereocenters. The lowest BCUT2D eigenvalue weighted by atomic mass is 9.90. The summed E-state index contributed by atoms with van der Waals surface area (Å²) in [6, 6.07) is 0. The maximum absolute atomic E-state index is 8.73. The predicted molar refractivity (Wildman–Crippen MR) is 41.6 cm³/mol. The molecule has 1 nitrogen and oxygen atoms in total. The van der Waals surface area contributed by atoms with Gasteiger partial charge in [0, 0.05) is 6.61 Å². The molecule has 1 aliphatic rings. The van der Waals surface area contributed by atoms with Gasteiger partial charge >= 0.3 is 0 Å². The lowest BCUT2D eigenvalue weighted by Gasteiger charge is -2.19. The molecule has 1 fully saturated rings. The van der Waals surface area contributed by atoms with E-state index in [0.29, 0.717) is 12.5 Å². The van der Waals surface area contributed by atoms with Crippen LogP contribution in [0.15, 0.2) is 0 Å². The second-order valence-corrected chi connectivity index (χ2v) is 3.24. The van der Waals surface area contributed by atoms with Crippen LogP contribution in [0.25, 0.3) is 0 Å². The van der Waals surface area contributed by atoms with E-state index in [-0.39, 0.29) is 0 Å². The van der Waals surface area contributed by atoms with Crippen LogP contribution in [-0.2, 0) is 0 Å². The Kier molecular flexibility index (Phi) is 2.61. The van der Waals surface area contributed by atoms with E-state index < -0.39 is 0 Å². The Morgan fingerprint density at radius 1 is 1.44 bits per heavy atom. The van der Waals surface area contributed by atoms with E-state index in [1.165, 1.54) is 4.86 Å². The first kappa shape index (κ1) is 7.16. The average molecular weight is 144 g/mol. The smallest absolute Gasteiger partial charge is 0.0459 e. The predicted octanol–water partition coefficient (Wildman–Crippen LogP) is 1.54. The van der Waals surface area contributed by atoms with Gasteiger partial charge in [-0.25, -0.2) is 0 Å². The summed E-state index contributed by atoms with van der Waals surface area (Å²) in [4.78, 5) is 1.19. The molecule has 0 heterocycles. The van der Waals surface area contributed by atoms with E-state index in [1.807, 2.05) is 0 Å². The molecule has 1 saturated carbocycles. The molecule has 0 spiro atoms. The SMILES string of the molecule is OCC1CCC(=S)CC1. The first-order valence-electron chi connectivity index (χ1n) is 3.45. The van der Waals surface area contributed by atoms with Crippen molar-refractivity contribution < 1.29 is 5.11 Å². The summed E-state index contributed by atoms with van der Waals surface area (Å²) in [7, 11) is 0. The molecule has 2 heteroatoms. The maximum Gasteiger partial charge on any atom is 0.0459 e. The van der Waals surface area contributed by atoms with Crippen LogP contribution < -0.4 is 0 Å². The van der Waals surface area contributed by atoms with Crippen LogP contribution in [0.3, 0.4) is 0 Å². The second-order valence-electron chi connectivity index (χ2n) is 2.66. The summed E-state index contributed by atoms with van der Waals surface area (Å²) >= 11 is 5.02. The highest BCUT2D eigenvalue weighted by molar-refractivity contribution is 7.80. The monoisotopic (exact) mass is 144 g/mol. The first-order valence-corrected chi connectivity index (χ1v) is 3.86. The van der Waals surface area contributed by atoms with Crippen molar-refractivity contribution in [2.24, 2.45) is 5.92 Å². The largest absolute Gasteiger partial charge is 0.396 e. The summed E-state index contributed by atoms with van der Waals surface area (Å²) in [5.74, 6) is 0.539. The van der Waals surface area contributed by atoms with Crippen molar-refractivity contribution in [1.82, 2.24) is 0 Å². The molecule has 0 aromatic rings. The fraction of sp³-hybridized carbons (Fsp3) is 0.857. The van der Waals surface area contributed by atoms with Crippen LogP contribution in [-0.4, -0.2) is 16.6 Å². The van der Waals surface area contributed by atoms with E-state index in [1.54, 1.807) is 0 Å². The van der Waals surface area contributed by atoms with Gasteiger partial charge in [-0.2, -0.15) is 0 Å². The molecule has 0 unspecified atom stereocenters. The van der Waals surface area contributed by atoms with Crippen molar-refractivity contribution in [2.75, 3.05) is 6.61 Å². The minimum atomic E-state index is 0.350. The van der Waals surface area contributed by atoms with E-state index in [2.05, 4.69) is 0 Å². The van der Waals surface area contributed by atoms with Gasteiger partial charge in [-0.05, 0) is 36.5 Å². The van der Waals surface area contributed by atoms with E-state index in [9.17, 15) is 0 Å². The fourth-order valence-corrected chi connectivity index (χ4v) is 1.42. The van der Waals surface area contributed by atoms with Gasteiger partial charge in [-0.1, -0.05) is 12.2 Å². The molecular formula is C7H12OS. The zero-order valence-electron chi connectivity index (χ0n) is 5.47. The fourth-order valence-electron chi connectivity index (χ4n) is 1.18. The van der Waals surface area contributed by atoms with Crippen LogP contribution in [0.2, 0.25) is 0 Å². The molecule has 1 aliphatic carbocycles. The van der Waals surface area contributed by atoms with Crippen LogP contribution >= 0.6 is 12.2 Å². The van der Waals surface area contributed by atoms with Gasteiger partial charge in [0.1, 0.15) is 0 Å². The number of rotatable bonds is 1. The number of thiocarbonyl (C=S) groups is 1. The molecular weight excluding hydrogens is 132 g/mol. The molecule has 9 heavy (non-hydrogen) atoms. The summed E-state index contributed by atoms with van der Waals surface area (Å²) in [5, 5.41) is 8.73. The van der Waals surface area contributed by atoms with Crippen molar-refractivity contribution in [3.63, 3.8) is 0 Å². The Balaban J connectivity index is 2.26. The topological polar surface area (TPSA) is 20.2 Å². The first-order chi connectivity index (χ1) is 4.33. The lowest BCUT2D eigenvalue weighted by Crippen LogP contribution is -2.15. The molecule has 52 valence electrons. The third-order valence-electron chi connectivity index (χ3n) is 1.92. The molecule has 0 bridgehead atoms. The third kappa shape index (κ3) is 2.03. The zero-order valence-corrected chi connectivity index (χ0v) is 6.28. The van der Waals surface area contributed by atoms with E-state index >= 15 is 0 Å². The van der Waals surface area contributed by atoms with Crippen molar-refractivity contribution in [3.05, 3.63) is 0 Å². The van der Waals surface area contributed by atoms with Gasteiger partial charge in [0.25, 0.3) is 0 Å². The highest BCUT2D eigenvalue weighted by Gasteiger charge is 2.14. The Hall–Kier alpha value is 0.0500. The number of hydrogen-bond acceptors (Lipinski definition) is 2. The van der Waals surface area contributed by atoms with Crippen LogP contribution in [0, 0.1) is 5.92 Å². The van der Waals surface area contributed by atoms with Crippen molar-refractivity contribution >= 4 is 17.1 Å². The Morgan fingerprint density at radius 3 is 2.44 bits per heavy atom. The maximum atomic E-state index is 8.73. The van der Waals surface area contributed by atoms with Gasteiger partial charge in [0.05, 0.1) is 0 Å². The standard InChI is InChI=1S/C7H12OS/c8-5-6-1-3-7(9)4-2-6/h6,8H,1-5H2. The molecule has 0 radical (unpaired) electrons. The van der Waals surface area contributed by atoms with Crippen molar-refractivity contribution in [3.8, 4) is 0 Å². The quantitative estimate of drug-likeness (QED) is 0.563. The van der Waals surface area contributed by atoms with Gasteiger partial charge < -0.3 is 5.11 Å². The number of aliphatic hydroxyl groups is 1. The number of hydrogen-bond donors (Lipinski definition) is 1. The van der Waals surface area contributed by atoms with Crippen LogP contribution in [0.5, 0.6) is 0 Å². The average Bonchev–Trinajstić information content (AvgIpc) is 1.90. The Bertz CT molecular complexity index is 101. The Morgan fingerprint density at radius 2 is 2.00 bits per heavy atom. The van der Waals surface area contributed by atoms with Crippen molar-refractivity contribution in [2.45, 2.75) is 25.7 Å². The van der Waals surface area contributed by atoms with Crippen molar-refractivity contribution in [1.29, 1.82) is 0 Å². The summed E-state index contributed by atoms with van der Waals surface area (Å²) in [6.07, 6.45) is 4.33. The summed E-state index contributed by atoms with van der Waals surface area (Å²) in [6.45, 7) is 0.350. The molecule has 1 N–H and O–H groups in total. The molecule has 0 amide bonds. The molecule has 0 aliphatic heterocycles.